The van der Waals surface area contributed by atoms with Crippen molar-refractivity contribution in [2.24, 2.45) is 0 Å². The first-order chi connectivity index (χ1) is 9.81. The van der Waals surface area contributed by atoms with Crippen molar-refractivity contribution in [1.82, 2.24) is 19.9 Å². The number of carbonyl (C=O) groups is 1. The number of aryl methyl sites for hydroxylation is 1. The molecule has 0 atom stereocenters. The molecule has 0 bridgehead atoms. The van der Waals surface area contributed by atoms with Crippen LogP contribution in [0.15, 0.2) is 12.4 Å². The number of aromatic nitrogens is 3. The second kappa shape index (κ2) is 5.40. The monoisotopic (exact) mass is 287 g/mol. The van der Waals surface area contributed by atoms with Crippen LogP contribution in [-0.2, 0) is 11.3 Å². The predicted octanol–water partition coefficient (Wildman–Crippen LogP) is 1.93. The summed E-state index contributed by atoms with van der Waals surface area (Å²) in [5, 5.41) is 15.9. The summed E-state index contributed by atoms with van der Waals surface area (Å²) in [6.45, 7) is 7.39. The van der Waals surface area contributed by atoms with E-state index in [1.807, 2.05) is 6.92 Å². The van der Waals surface area contributed by atoms with E-state index in [1.54, 1.807) is 31.4 Å². The van der Waals surface area contributed by atoms with E-state index in [0.29, 0.717) is 16.8 Å². The van der Waals surface area contributed by atoms with Crippen LogP contribution in [0.25, 0.3) is 5.52 Å². The van der Waals surface area contributed by atoms with Crippen molar-refractivity contribution in [1.29, 1.82) is 5.26 Å². The molecule has 2 rings (SSSR count). The third kappa shape index (κ3) is 3.28. The highest BCUT2D eigenvalue weighted by Gasteiger charge is 2.17. The zero-order valence-corrected chi connectivity index (χ0v) is 12.5. The summed E-state index contributed by atoms with van der Waals surface area (Å²) in [7, 11) is 0. The van der Waals surface area contributed by atoms with Crippen LogP contribution in [0, 0.1) is 18.3 Å². The number of fused-ring (bicyclic) bond motifs is 1. The van der Waals surface area contributed by atoms with Crippen molar-refractivity contribution in [3.8, 4) is 6.07 Å². The van der Waals surface area contributed by atoms with E-state index in [1.165, 1.54) is 6.33 Å². The van der Waals surface area contributed by atoms with E-state index in [0.717, 1.165) is 5.69 Å². The number of amides is 1. The average molecular weight is 287 g/mol. The number of hydrogen-bond donors (Lipinski definition) is 1. The third-order valence-corrected chi connectivity index (χ3v) is 2.73. The molecule has 0 saturated heterocycles. The van der Waals surface area contributed by atoms with Gasteiger partial charge in [-0.05, 0) is 33.8 Å². The predicted molar refractivity (Wildman–Crippen MR) is 75.5 cm³/mol. The van der Waals surface area contributed by atoms with Crippen molar-refractivity contribution < 1.29 is 9.53 Å². The first kappa shape index (κ1) is 14.8. The fraction of sp³-hybridized carbons (Fsp3) is 0.429. The normalized spacial score (nSPS) is 11.2. The summed E-state index contributed by atoms with van der Waals surface area (Å²) in [4.78, 5) is 15.8. The van der Waals surface area contributed by atoms with Gasteiger partial charge in [0.1, 0.15) is 23.5 Å². The number of carbonyl (C=O) groups excluding carboxylic acids is 1. The molecule has 1 amide bonds. The quantitative estimate of drug-likeness (QED) is 0.911. The second-order valence-corrected chi connectivity index (χ2v) is 5.63. The number of hydrogen-bond acceptors (Lipinski definition) is 5. The van der Waals surface area contributed by atoms with E-state index in [9.17, 15) is 10.1 Å². The molecular weight excluding hydrogens is 270 g/mol. The van der Waals surface area contributed by atoms with Gasteiger partial charge in [-0.3, -0.25) is 0 Å². The average Bonchev–Trinajstić information content (AvgIpc) is 2.72. The Balaban J connectivity index is 2.24. The van der Waals surface area contributed by atoms with Gasteiger partial charge in [-0.15, -0.1) is 0 Å². The Labute approximate surface area is 122 Å². The van der Waals surface area contributed by atoms with Crippen LogP contribution in [-0.4, -0.2) is 26.3 Å². The molecule has 0 aliphatic carbocycles. The number of rotatable bonds is 2. The summed E-state index contributed by atoms with van der Waals surface area (Å²) in [5.41, 5.74) is 1.93. The molecule has 110 valence electrons. The molecule has 0 aromatic carbocycles. The van der Waals surface area contributed by atoms with Crippen molar-refractivity contribution in [2.45, 2.75) is 39.8 Å². The zero-order chi connectivity index (χ0) is 15.6. The zero-order valence-electron chi connectivity index (χ0n) is 12.5. The molecule has 2 heterocycles. The minimum Gasteiger partial charge on any atom is -0.444 e. The van der Waals surface area contributed by atoms with Crippen LogP contribution < -0.4 is 5.32 Å². The van der Waals surface area contributed by atoms with E-state index < -0.39 is 11.7 Å². The fourth-order valence-electron chi connectivity index (χ4n) is 1.95. The highest BCUT2D eigenvalue weighted by atomic mass is 16.6. The Hall–Kier alpha value is -2.62. The van der Waals surface area contributed by atoms with Crippen LogP contribution >= 0.6 is 0 Å². The molecule has 2 aromatic rings. The Morgan fingerprint density at radius 3 is 2.86 bits per heavy atom. The summed E-state index contributed by atoms with van der Waals surface area (Å²) >= 11 is 0. The lowest BCUT2D eigenvalue weighted by molar-refractivity contribution is 0.0523. The van der Waals surface area contributed by atoms with Crippen LogP contribution in [0.3, 0.4) is 0 Å². The highest BCUT2D eigenvalue weighted by Crippen LogP contribution is 2.17. The molecule has 21 heavy (non-hydrogen) atoms. The SMILES string of the molecule is Cc1cc(C#N)c2c(CNC(=O)OC(C)(C)C)ncnn12. The number of nitrogens with zero attached hydrogens (tertiary/aromatic N) is 4. The molecule has 0 radical (unpaired) electrons. The van der Waals surface area contributed by atoms with Crippen LogP contribution in [0.2, 0.25) is 0 Å². The first-order valence-electron chi connectivity index (χ1n) is 6.51. The van der Waals surface area contributed by atoms with Crippen LogP contribution in [0.4, 0.5) is 4.79 Å². The van der Waals surface area contributed by atoms with Crippen molar-refractivity contribution in [2.75, 3.05) is 0 Å². The number of ether oxygens (including phenoxy) is 1. The van der Waals surface area contributed by atoms with E-state index in [4.69, 9.17) is 4.74 Å². The lowest BCUT2D eigenvalue weighted by Gasteiger charge is -2.19. The van der Waals surface area contributed by atoms with Gasteiger partial charge >= 0.3 is 6.09 Å². The van der Waals surface area contributed by atoms with Gasteiger partial charge in [0.25, 0.3) is 0 Å². The van der Waals surface area contributed by atoms with E-state index in [-0.39, 0.29) is 6.54 Å². The van der Waals surface area contributed by atoms with E-state index in [2.05, 4.69) is 21.5 Å². The summed E-state index contributed by atoms with van der Waals surface area (Å²) < 4.78 is 6.80. The van der Waals surface area contributed by atoms with Gasteiger partial charge in [-0.2, -0.15) is 10.4 Å². The van der Waals surface area contributed by atoms with Gasteiger partial charge in [0.15, 0.2) is 0 Å². The Morgan fingerprint density at radius 2 is 2.24 bits per heavy atom. The first-order valence-corrected chi connectivity index (χ1v) is 6.51. The van der Waals surface area contributed by atoms with Crippen molar-refractivity contribution in [3.05, 3.63) is 29.3 Å². The fourth-order valence-corrected chi connectivity index (χ4v) is 1.95. The van der Waals surface area contributed by atoms with Crippen molar-refractivity contribution in [3.63, 3.8) is 0 Å². The summed E-state index contributed by atoms with van der Waals surface area (Å²) in [5.74, 6) is 0. The molecule has 0 spiro atoms. The maximum absolute atomic E-state index is 11.7. The Morgan fingerprint density at radius 1 is 1.52 bits per heavy atom. The van der Waals surface area contributed by atoms with Crippen LogP contribution in [0.1, 0.15) is 37.7 Å². The van der Waals surface area contributed by atoms with E-state index >= 15 is 0 Å². The van der Waals surface area contributed by atoms with Gasteiger partial charge in [0, 0.05) is 5.69 Å². The lowest BCUT2D eigenvalue weighted by atomic mass is 10.2. The topological polar surface area (TPSA) is 92.3 Å². The molecule has 0 fully saturated rings. The largest absolute Gasteiger partial charge is 0.444 e. The van der Waals surface area contributed by atoms with Gasteiger partial charge in [-0.1, -0.05) is 0 Å². The molecule has 0 aliphatic rings. The van der Waals surface area contributed by atoms with Crippen LogP contribution in [0.5, 0.6) is 0 Å². The summed E-state index contributed by atoms with van der Waals surface area (Å²) in [6.07, 6.45) is 0.869. The van der Waals surface area contributed by atoms with Gasteiger partial charge in [0.2, 0.25) is 0 Å². The number of alkyl carbamates (subject to hydrolysis) is 1. The highest BCUT2D eigenvalue weighted by molar-refractivity contribution is 5.69. The molecule has 0 saturated carbocycles. The minimum atomic E-state index is -0.561. The molecule has 7 heteroatoms. The Bertz CT molecular complexity index is 721. The minimum absolute atomic E-state index is 0.166. The standard InChI is InChI=1S/C14H17N5O2/c1-9-5-10(6-15)12-11(17-8-18-19(9)12)7-16-13(20)21-14(2,3)4/h5,8H,7H2,1-4H3,(H,16,20). The molecular formula is C14H17N5O2. The number of nitrogens with one attached hydrogen (secondary N) is 1. The molecule has 1 N–H and O–H groups in total. The third-order valence-electron chi connectivity index (χ3n) is 2.73. The molecule has 7 nitrogen and oxygen atoms in total. The lowest BCUT2D eigenvalue weighted by Crippen LogP contribution is -2.32. The van der Waals surface area contributed by atoms with Crippen molar-refractivity contribution >= 4 is 11.6 Å². The van der Waals surface area contributed by atoms with Gasteiger partial charge in [0.05, 0.1) is 17.8 Å². The smallest absolute Gasteiger partial charge is 0.407 e. The molecule has 2 aromatic heterocycles. The molecule has 0 aliphatic heterocycles. The molecule has 0 unspecified atom stereocenters. The Kier molecular flexibility index (Phi) is 3.80. The summed E-state index contributed by atoms with van der Waals surface area (Å²) in [6, 6.07) is 3.85. The maximum atomic E-state index is 11.7. The maximum Gasteiger partial charge on any atom is 0.407 e. The van der Waals surface area contributed by atoms with Gasteiger partial charge in [-0.25, -0.2) is 14.3 Å². The second-order valence-electron chi connectivity index (χ2n) is 5.63. The number of nitriles is 1. The van der Waals surface area contributed by atoms with Gasteiger partial charge < -0.3 is 10.1 Å².